The van der Waals surface area contributed by atoms with E-state index >= 15 is 0 Å². The molecule has 0 aliphatic rings. The van der Waals surface area contributed by atoms with Gasteiger partial charge in [-0.2, -0.15) is 0 Å². The van der Waals surface area contributed by atoms with Crippen molar-refractivity contribution in [2.75, 3.05) is 0 Å². The van der Waals surface area contributed by atoms with Crippen molar-refractivity contribution in [3.05, 3.63) is 90.5 Å². The first kappa shape index (κ1) is 37.1. The van der Waals surface area contributed by atoms with Gasteiger partial charge in [-0.05, 0) is 43.2 Å². The van der Waals surface area contributed by atoms with Gasteiger partial charge < -0.3 is 0 Å². The van der Waals surface area contributed by atoms with Crippen molar-refractivity contribution in [2.24, 2.45) is 0 Å². The van der Waals surface area contributed by atoms with Gasteiger partial charge in [0.2, 0.25) is 6.33 Å². The van der Waals surface area contributed by atoms with E-state index in [4.69, 9.17) is 0 Å². The molecule has 0 saturated heterocycles. The standard InChI is InChI=1S/C43H69N2/c1-4-6-8-10-11-12-13-14-15-16-17-18-19-20-21-29-35-44-36-37-45(39-44)42(34-28-9-7-5-2)43(3,41-32-26-23-27-33-41)38-40-30-24-22-25-31-40/h22-27,30-33,36-37,39,42H,4-21,28-29,34-35,38H2,1-3H3/q+1. The van der Waals surface area contributed by atoms with E-state index in [1.165, 1.54) is 146 Å². The SMILES string of the molecule is CCCCCCCCCCCCCCCCCC[n+]1ccn(C(CCCCCC)C(C)(Cc2ccccc2)c2ccccc2)c1. The Morgan fingerprint density at radius 2 is 1.04 bits per heavy atom. The lowest BCUT2D eigenvalue weighted by Crippen LogP contribution is -2.38. The fourth-order valence-corrected chi connectivity index (χ4v) is 7.38. The average Bonchev–Trinajstić information content (AvgIpc) is 3.53. The molecule has 2 unspecified atom stereocenters. The molecule has 2 heteroatoms. The molecule has 0 radical (unpaired) electrons. The summed E-state index contributed by atoms with van der Waals surface area (Å²) in [6.07, 6.45) is 37.4. The third kappa shape index (κ3) is 14.3. The lowest BCUT2D eigenvalue weighted by atomic mass is 9.70. The Hall–Kier alpha value is -2.35. The van der Waals surface area contributed by atoms with Gasteiger partial charge in [-0.1, -0.05) is 191 Å². The van der Waals surface area contributed by atoms with E-state index in [1.807, 2.05) is 0 Å². The minimum atomic E-state index is 0.0138. The van der Waals surface area contributed by atoms with Crippen molar-refractivity contribution in [3.8, 4) is 0 Å². The Bertz CT molecular complexity index is 1090. The third-order valence-electron chi connectivity index (χ3n) is 10.3. The number of hydrogen-bond acceptors (Lipinski definition) is 0. The number of rotatable bonds is 27. The van der Waals surface area contributed by atoms with Crippen LogP contribution in [0.25, 0.3) is 0 Å². The summed E-state index contributed by atoms with van der Waals surface area (Å²) in [5.74, 6) is 0. The van der Waals surface area contributed by atoms with Crippen LogP contribution in [0.2, 0.25) is 0 Å². The maximum Gasteiger partial charge on any atom is 0.244 e. The fourth-order valence-electron chi connectivity index (χ4n) is 7.38. The van der Waals surface area contributed by atoms with Gasteiger partial charge in [-0.3, -0.25) is 0 Å². The largest absolute Gasteiger partial charge is 0.244 e. The minimum Gasteiger partial charge on any atom is -0.237 e. The van der Waals surface area contributed by atoms with Crippen LogP contribution in [0.1, 0.15) is 173 Å². The average molecular weight is 614 g/mol. The highest BCUT2D eigenvalue weighted by Gasteiger charge is 2.40. The first-order valence-electron chi connectivity index (χ1n) is 19.3. The molecule has 0 amide bonds. The lowest BCUT2D eigenvalue weighted by Gasteiger charge is -2.37. The molecule has 250 valence electrons. The molecular weight excluding hydrogens is 544 g/mol. The number of unbranched alkanes of at least 4 members (excludes halogenated alkanes) is 18. The zero-order valence-corrected chi connectivity index (χ0v) is 29.7. The zero-order chi connectivity index (χ0) is 31.8. The molecule has 2 aromatic carbocycles. The van der Waals surface area contributed by atoms with E-state index in [2.05, 4.69) is 109 Å². The van der Waals surface area contributed by atoms with Gasteiger partial charge >= 0.3 is 0 Å². The monoisotopic (exact) mass is 614 g/mol. The van der Waals surface area contributed by atoms with E-state index in [0.717, 1.165) is 13.0 Å². The Balaban J connectivity index is 1.45. The number of imidazole rings is 1. The first-order chi connectivity index (χ1) is 22.2. The number of hydrogen-bond donors (Lipinski definition) is 0. The zero-order valence-electron chi connectivity index (χ0n) is 29.7. The molecule has 1 aromatic heterocycles. The summed E-state index contributed by atoms with van der Waals surface area (Å²) in [5.41, 5.74) is 2.89. The van der Waals surface area contributed by atoms with Crippen LogP contribution in [0.3, 0.4) is 0 Å². The number of nitrogens with zero attached hydrogens (tertiary/aromatic N) is 2. The Morgan fingerprint density at radius 1 is 0.578 bits per heavy atom. The third-order valence-corrected chi connectivity index (χ3v) is 10.3. The molecule has 0 spiro atoms. The second kappa shape index (κ2) is 23.0. The van der Waals surface area contributed by atoms with Crippen molar-refractivity contribution in [1.82, 2.24) is 4.57 Å². The number of benzene rings is 2. The maximum atomic E-state index is 2.56. The summed E-state index contributed by atoms with van der Waals surface area (Å²) in [4.78, 5) is 0. The van der Waals surface area contributed by atoms with Gasteiger partial charge in [-0.15, -0.1) is 0 Å². The van der Waals surface area contributed by atoms with Crippen LogP contribution < -0.4 is 4.57 Å². The molecule has 0 fully saturated rings. The Labute approximate surface area is 279 Å². The highest BCUT2D eigenvalue weighted by atomic mass is 15.1. The normalized spacial score (nSPS) is 13.6. The molecule has 0 aliphatic carbocycles. The fraction of sp³-hybridized carbons (Fsp3) is 0.651. The summed E-state index contributed by atoms with van der Waals surface area (Å²) in [6, 6.07) is 22.9. The number of aryl methyl sites for hydroxylation is 1. The second-order valence-electron chi connectivity index (χ2n) is 14.2. The summed E-state index contributed by atoms with van der Waals surface area (Å²) < 4.78 is 5.02. The van der Waals surface area contributed by atoms with Crippen LogP contribution in [-0.4, -0.2) is 4.57 Å². The number of aromatic nitrogens is 2. The minimum absolute atomic E-state index is 0.0138. The van der Waals surface area contributed by atoms with Crippen molar-refractivity contribution in [2.45, 2.75) is 180 Å². The van der Waals surface area contributed by atoms with E-state index in [9.17, 15) is 0 Å². The Kier molecular flexibility index (Phi) is 19.0. The van der Waals surface area contributed by atoms with Crippen LogP contribution in [0.4, 0.5) is 0 Å². The molecule has 2 nitrogen and oxygen atoms in total. The maximum absolute atomic E-state index is 2.56. The topological polar surface area (TPSA) is 8.81 Å². The van der Waals surface area contributed by atoms with Crippen molar-refractivity contribution < 1.29 is 4.57 Å². The van der Waals surface area contributed by atoms with Gasteiger partial charge in [0.15, 0.2) is 0 Å². The van der Waals surface area contributed by atoms with Crippen molar-refractivity contribution in [3.63, 3.8) is 0 Å². The van der Waals surface area contributed by atoms with Crippen LogP contribution in [0, 0.1) is 0 Å². The molecule has 3 aromatic rings. The molecule has 3 rings (SSSR count). The predicted octanol–water partition coefficient (Wildman–Crippen LogP) is 12.7. The van der Waals surface area contributed by atoms with Gasteiger partial charge in [0, 0.05) is 5.41 Å². The first-order valence-corrected chi connectivity index (χ1v) is 19.3. The quantitative estimate of drug-likeness (QED) is 0.0597. The summed E-state index contributed by atoms with van der Waals surface area (Å²) >= 11 is 0. The van der Waals surface area contributed by atoms with Gasteiger partial charge in [0.25, 0.3) is 0 Å². The molecule has 2 atom stereocenters. The lowest BCUT2D eigenvalue weighted by molar-refractivity contribution is -0.697. The van der Waals surface area contributed by atoms with Crippen LogP contribution in [0.15, 0.2) is 79.4 Å². The van der Waals surface area contributed by atoms with E-state index in [1.54, 1.807) is 0 Å². The summed E-state index contributed by atoms with van der Waals surface area (Å²) in [7, 11) is 0. The van der Waals surface area contributed by atoms with Crippen LogP contribution >= 0.6 is 0 Å². The molecule has 45 heavy (non-hydrogen) atoms. The van der Waals surface area contributed by atoms with E-state index in [0.29, 0.717) is 6.04 Å². The smallest absolute Gasteiger partial charge is 0.237 e. The molecular formula is C43H69N2+. The van der Waals surface area contributed by atoms with Gasteiger partial charge in [-0.25, -0.2) is 9.13 Å². The van der Waals surface area contributed by atoms with Crippen molar-refractivity contribution >= 4 is 0 Å². The molecule has 0 bridgehead atoms. The molecule has 1 heterocycles. The molecule has 0 saturated carbocycles. The van der Waals surface area contributed by atoms with E-state index in [-0.39, 0.29) is 5.41 Å². The molecule has 0 aliphatic heterocycles. The van der Waals surface area contributed by atoms with Gasteiger partial charge in [0.05, 0.1) is 6.54 Å². The van der Waals surface area contributed by atoms with Gasteiger partial charge in [0.1, 0.15) is 18.4 Å². The molecule has 0 N–H and O–H groups in total. The second-order valence-corrected chi connectivity index (χ2v) is 14.2. The Morgan fingerprint density at radius 3 is 1.58 bits per heavy atom. The van der Waals surface area contributed by atoms with Crippen LogP contribution in [-0.2, 0) is 18.4 Å². The predicted molar refractivity (Wildman–Crippen MR) is 196 cm³/mol. The summed E-state index contributed by atoms with van der Waals surface area (Å²) in [5, 5.41) is 0. The highest BCUT2D eigenvalue weighted by molar-refractivity contribution is 5.30. The van der Waals surface area contributed by atoms with Crippen molar-refractivity contribution in [1.29, 1.82) is 0 Å². The van der Waals surface area contributed by atoms with E-state index < -0.39 is 0 Å². The van der Waals surface area contributed by atoms with Crippen LogP contribution in [0.5, 0.6) is 0 Å². The highest BCUT2D eigenvalue weighted by Crippen LogP contribution is 2.41. The summed E-state index contributed by atoms with van der Waals surface area (Å²) in [6.45, 7) is 8.27.